The van der Waals surface area contributed by atoms with E-state index in [4.69, 9.17) is 9.47 Å². The molecule has 1 aromatic rings. The molecule has 1 fully saturated rings. The Morgan fingerprint density at radius 1 is 1.31 bits per heavy atom. The van der Waals surface area contributed by atoms with Crippen molar-refractivity contribution in [2.45, 2.75) is 18.8 Å². The van der Waals surface area contributed by atoms with Crippen LogP contribution < -0.4 is 9.47 Å². The standard InChI is InChI=1S/C12H13BrO3/c1-15-11-6-7(8-3-4-10(8)14)5-9(13)12(11)16-2/h5-6,8H,3-4H2,1-2H3. The van der Waals surface area contributed by atoms with Crippen molar-refractivity contribution < 1.29 is 14.3 Å². The van der Waals surface area contributed by atoms with Crippen LogP contribution in [0.2, 0.25) is 0 Å². The number of methoxy groups -OCH3 is 2. The predicted octanol–water partition coefficient (Wildman–Crippen LogP) is 2.91. The highest BCUT2D eigenvalue weighted by molar-refractivity contribution is 9.10. The largest absolute Gasteiger partial charge is 0.493 e. The van der Waals surface area contributed by atoms with Gasteiger partial charge in [-0.3, -0.25) is 4.79 Å². The number of halogens is 1. The average Bonchev–Trinajstić information content (AvgIpc) is 2.26. The van der Waals surface area contributed by atoms with Crippen molar-refractivity contribution in [3.05, 3.63) is 22.2 Å². The lowest BCUT2D eigenvalue weighted by molar-refractivity contribution is -0.125. The van der Waals surface area contributed by atoms with E-state index in [1.807, 2.05) is 12.1 Å². The Hall–Kier alpha value is -1.03. The number of benzene rings is 1. The third-order valence-electron chi connectivity index (χ3n) is 2.93. The second kappa shape index (κ2) is 4.45. The normalized spacial score (nSPS) is 19.2. The summed E-state index contributed by atoms with van der Waals surface area (Å²) in [5.74, 6) is 1.67. The van der Waals surface area contributed by atoms with Crippen molar-refractivity contribution in [3.63, 3.8) is 0 Å². The maximum absolute atomic E-state index is 11.4. The Labute approximate surface area is 103 Å². The van der Waals surface area contributed by atoms with Gasteiger partial charge in [0.15, 0.2) is 11.5 Å². The quantitative estimate of drug-likeness (QED) is 0.856. The Morgan fingerprint density at radius 3 is 2.50 bits per heavy atom. The van der Waals surface area contributed by atoms with Crippen molar-refractivity contribution in [1.29, 1.82) is 0 Å². The first-order valence-electron chi connectivity index (χ1n) is 5.11. The van der Waals surface area contributed by atoms with Crippen molar-refractivity contribution in [2.24, 2.45) is 0 Å². The van der Waals surface area contributed by atoms with E-state index in [9.17, 15) is 4.79 Å². The molecule has 1 saturated carbocycles. The molecule has 86 valence electrons. The molecule has 1 aliphatic rings. The first kappa shape index (κ1) is 11.5. The molecule has 0 saturated heterocycles. The van der Waals surface area contributed by atoms with Crippen molar-refractivity contribution in [1.82, 2.24) is 0 Å². The number of carbonyl (C=O) groups is 1. The van der Waals surface area contributed by atoms with E-state index < -0.39 is 0 Å². The van der Waals surface area contributed by atoms with Gasteiger partial charge in [-0.1, -0.05) is 0 Å². The molecule has 3 nitrogen and oxygen atoms in total. The second-order valence-corrected chi connectivity index (χ2v) is 4.65. The molecule has 1 aliphatic carbocycles. The molecule has 1 aromatic carbocycles. The zero-order valence-electron chi connectivity index (χ0n) is 9.25. The highest BCUT2D eigenvalue weighted by Gasteiger charge is 2.30. The minimum Gasteiger partial charge on any atom is -0.493 e. The second-order valence-electron chi connectivity index (χ2n) is 3.80. The molecule has 0 spiro atoms. The van der Waals surface area contributed by atoms with E-state index >= 15 is 0 Å². The minimum atomic E-state index is 0.0381. The molecule has 0 aliphatic heterocycles. The van der Waals surface area contributed by atoms with Gasteiger partial charge in [0.2, 0.25) is 0 Å². The topological polar surface area (TPSA) is 35.5 Å². The Balaban J connectivity index is 2.41. The molecule has 2 rings (SSSR count). The molecule has 0 N–H and O–H groups in total. The van der Waals surface area contributed by atoms with Gasteiger partial charge in [0.25, 0.3) is 0 Å². The van der Waals surface area contributed by atoms with E-state index in [-0.39, 0.29) is 5.92 Å². The van der Waals surface area contributed by atoms with Gasteiger partial charge in [0.1, 0.15) is 5.78 Å². The number of Topliss-reactive ketones (excluding diaryl/α,β-unsaturated/α-hetero) is 1. The summed E-state index contributed by atoms with van der Waals surface area (Å²) in [4.78, 5) is 11.4. The molecule has 0 heterocycles. The molecular weight excluding hydrogens is 272 g/mol. The van der Waals surface area contributed by atoms with Crippen LogP contribution in [0.5, 0.6) is 11.5 Å². The van der Waals surface area contributed by atoms with Gasteiger partial charge in [0.05, 0.1) is 18.7 Å². The number of carbonyl (C=O) groups excluding carboxylic acids is 1. The summed E-state index contributed by atoms with van der Waals surface area (Å²) in [6.45, 7) is 0. The average molecular weight is 285 g/mol. The van der Waals surface area contributed by atoms with Crippen LogP contribution in [0.25, 0.3) is 0 Å². The Kier molecular flexibility index (Phi) is 3.19. The van der Waals surface area contributed by atoms with Gasteiger partial charge < -0.3 is 9.47 Å². The van der Waals surface area contributed by atoms with E-state index in [2.05, 4.69) is 15.9 Å². The summed E-state index contributed by atoms with van der Waals surface area (Å²) >= 11 is 3.42. The van der Waals surface area contributed by atoms with Crippen molar-refractivity contribution in [2.75, 3.05) is 14.2 Å². The van der Waals surface area contributed by atoms with Gasteiger partial charge in [-0.2, -0.15) is 0 Å². The number of hydrogen-bond acceptors (Lipinski definition) is 3. The molecule has 16 heavy (non-hydrogen) atoms. The Bertz CT molecular complexity index is 429. The van der Waals surface area contributed by atoms with E-state index in [0.717, 1.165) is 16.5 Å². The third-order valence-corrected chi connectivity index (χ3v) is 3.52. The summed E-state index contributed by atoms with van der Waals surface area (Å²) in [6, 6.07) is 3.81. The highest BCUT2D eigenvalue weighted by atomic mass is 79.9. The van der Waals surface area contributed by atoms with Crippen LogP contribution in [0.15, 0.2) is 16.6 Å². The van der Waals surface area contributed by atoms with Gasteiger partial charge in [-0.15, -0.1) is 0 Å². The smallest absolute Gasteiger partial charge is 0.174 e. The van der Waals surface area contributed by atoms with Crippen LogP contribution in [-0.4, -0.2) is 20.0 Å². The fourth-order valence-corrected chi connectivity index (χ4v) is 2.52. The van der Waals surface area contributed by atoms with Crippen LogP contribution in [0, 0.1) is 0 Å². The lowest BCUT2D eigenvalue weighted by Gasteiger charge is -2.25. The van der Waals surface area contributed by atoms with Crippen LogP contribution in [-0.2, 0) is 4.79 Å². The monoisotopic (exact) mass is 284 g/mol. The van der Waals surface area contributed by atoms with E-state index in [1.165, 1.54) is 0 Å². The molecule has 0 radical (unpaired) electrons. The summed E-state index contributed by atoms with van der Waals surface area (Å²) in [5.41, 5.74) is 1.00. The lowest BCUT2D eigenvalue weighted by Crippen LogP contribution is -2.23. The maximum Gasteiger partial charge on any atom is 0.174 e. The maximum atomic E-state index is 11.4. The van der Waals surface area contributed by atoms with Crippen LogP contribution in [0.3, 0.4) is 0 Å². The molecule has 0 amide bonds. The SMILES string of the molecule is COc1cc(C2CCC2=O)cc(Br)c1OC. The van der Waals surface area contributed by atoms with Gasteiger partial charge >= 0.3 is 0 Å². The molecule has 0 bridgehead atoms. The summed E-state index contributed by atoms with van der Waals surface area (Å²) in [7, 11) is 3.19. The van der Waals surface area contributed by atoms with Crippen LogP contribution >= 0.6 is 15.9 Å². The molecule has 1 unspecified atom stereocenters. The molecular formula is C12H13BrO3. The third kappa shape index (κ3) is 1.82. The van der Waals surface area contributed by atoms with Crippen LogP contribution in [0.4, 0.5) is 0 Å². The van der Waals surface area contributed by atoms with Crippen LogP contribution in [0.1, 0.15) is 24.3 Å². The van der Waals surface area contributed by atoms with E-state index in [0.29, 0.717) is 23.7 Å². The fourth-order valence-electron chi connectivity index (χ4n) is 1.90. The zero-order valence-corrected chi connectivity index (χ0v) is 10.8. The number of ketones is 1. The van der Waals surface area contributed by atoms with Gasteiger partial charge in [0, 0.05) is 12.3 Å². The van der Waals surface area contributed by atoms with Crippen molar-refractivity contribution >= 4 is 21.7 Å². The first-order chi connectivity index (χ1) is 7.67. The molecule has 1 atom stereocenters. The van der Waals surface area contributed by atoms with Gasteiger partial charge in [-0.05, 0) is 40.0 Å². The number of hydrogen-bond donors (Lipinski definition) is 0. The number of ether oxygens (including phenoxy) is 2. The van der Waals surface area contributed by atoms with Gasteiger partial charge in [-0.25, -0.2) is 0 Å². The number of rotatable bonds is 3. The predicted molar refractivity (Wildman–Crippen MR) is 64.2 cm³/mol. The van der Waals surface area contributed by atoms with Crippen molar-refractivity contribution in [3.8, 4) is 11.5 Å². The summed E-state index contributed by atoms with van der Waals surface area (Å²) in [5, 5.41) is 0. The fraction of sp³-hybridized carbons (Fsp3) is 0.417. The van der Waals surface area contributed by atoms with E-state index in [1.54, 1.807) is 14.2 Å². The molecule has 0 aromatic heterocycles. The Morgan fingerprint density at radius 2 is 2.06 bits per heavy atom. The lowest BCUT2D eigenvalue weighted by atomic mass is 9.78. The minimum absolute atomic E-state index is 0.0381. The highest BCUT2D eigenvalue weighted by Crippen LogP contribution is 2.41. The summed E-state index contributed by atoms with van der Waals surface area (Å²) in [6.07, 6.45) is 1.62. The zero-order chi connectivity index (χ0) is 11.7. The summed E-state index contributed by atoms with van der Waals surface area (Å²) < 4.78 is 11.3. The first-order valence-corrected chi connectivity index (χ1v) is 5.90. The molecule has 4 heteroatoms.